The minimum atomic E-state index is -0.837. The number of nitrogens with one attached hydrogen (secondary N) is 3. The van der Waals surface area contributed by atoms with Crippen LogP contribution in [0.1, 0.15) is 56.7 Å². The summed E-state index contributed by atoms with van der Waals surface area (Å²) in [6, 6.07) is 7.41. The van der Waals surface area contributed by atoms with Crippen molar-refractivity contribution in [2.75, 3.05) is 5.32 Å². The van der Waals surface area contributed by atoms with Crippen LogP contribution >= 0.6 is 0 Å². The number of pyridine rings is 1. The standard InChI is InChI=1S/C27H30N6O6/c1-15-30-23-18(25(37)33(15)20-8-9-21(34)32-24(20)36)6-5-7-19(23)31-22(35)13-16-10-11-28-17(12-16)14-29-26(38)39-27(2,3)4/h5-7,10-12,20H,8-9,13-14H2,1-4H3,(H,29,38)(H,31,35)(H,32,34,36). The minimum Gasteiger partial charge on any atom is -0.444 e. The van der Waals surface area contributed by atoms with E-state index in [4.69, 9.17) is 4.74 Å². The molecule has 1 aromatic carbocycles. The van der Waals surface area contributed by atoms with Crippen molar-refractivity contribution in [1.29, 1.82) is 0 Å². The number of aryl methyl sites for hydroxylation is 1. The van der Waals surface area contributed by atoms with E-state index in [2.05, 4.69) is 25.9 Å². The number of piperidine rings is 1. The minimum absolute atomic E-state index is 0.0185. The summed E-state index contributed by atoms with van der Waals surface area (Å²) in [5.74, 6) is -0.963. The summed E-state index contributed by atoms with van der Waals surface area (Å²) in [5, 5.41) is 7.95. The fourth-order valence-electron chi connectivity index (χ4n) is 4.32. The summed E-state index contributed by atoms with van der Waals surface area (Å²) in [5.41, 5.74) is 0.836. The van der Waals surface area contributed by atoms with Gasteiger partial charge in [0.05, 0.1) is 29.7 Å². The second-order valence-corrected chi connectivity index (χ2v) is 10.2. The number of nitrogens with zero attached hydrogens (tertiary/aromatic N) is 3. The topological polar surface area (TPSA) is 161 Å². The molecule has 4 amide bonds. The van der Waals surface area contributed by atoms with Crippen LogP contribution in [0.4, 0.5) is 10.5 Å². The predicted molar refractivity (Wildman–Crippen MR) is 142 cm³/mol. The van der Waals surface area contributed by atoms with Gasteiger partial charge in [0.25, 0.3) is 5.56 Å². The number of aromatic nitrogens is 3. The highest BCUT2D eigenvalue weighted by Crippen LogP contribution is 2.23. The Labute approximate surface area is 224 Å². The number of carbonyl (C=O) groups excluding carboxylic acids is 4. The van der Waals surface area contributed by atoms with Crippen LogP contribution in [-0.4, -0.2) is 44.0 Å². The summed E-state index contributed by atoms with van der Waals surface area (Å²) in [4.78, 5) is 70.8. The lowest BCUT2D eigenvalue weighted by molar-refractivity contribution is -0.135. The third kappa shape index (κ3) is 6.64. The van der Waals surface area contributed by atoms with Gasteiger partial charge in [-0.05, 0) is 63.9 Å². The highest BCUT2D eigenvalue weighted by atomic mass is 16.6. The molecule has 1 aliphatic heterocycles. The van der Waals surface area contributed by atoms with E-state index in [0.717, 1.165) is 0 Å². The molecule has 0 bridgehead atoms. The Kier molecular flexibility index (Phi) is 7.75. The van der Waals surface area contributed by atoms with Crippen LogP contribution in [-0.2, 0) is 32.1 Å². The number of amides is 4. The van der Waals surface area contributed by atoms with Crippen LogP contribution in [0.15, 0.2) is 41.3 Å². The van der Waals surface area contributed by atoms with Gasteiger partial charge in [-0.25, -0.2) is 9.78 Å². The predicted octanol–water partition coefficient (Wildman–Crippen LogP) is 2.28. The molecule has 1 aliphatic rings. The molecule has 3 heterocycles. The molecule has 3 aromatic rings. The fourth-order valence-corrected chi connectivity index (χ4v) is 4.32. The molecule has 1 saturated heterocycles. The smallest absolute Gasteiger partial charge is 0.407 e. The van der Waals surface area contributed by atoms with Gasteiger partial charge in [0, 0.05) is 12.6 Å². The fraction of sp³-hybridized carbons (Fsp3) is 0.370. The van der Waals surface area contributed by atoms with Crippen molar-refractivity contribution in [2.45, 2.75) is 65.1 Å². The first-order valence-corrected chi connectivity index (χ1v) is 12.5. The quantitative estimate of drug-likeness (QED) is 0.406. The molecule has 12 heteroatoms. The summed E-state index contributed by atoms with van der Waals surface area (Å²) in [7, 11) is 0. The van der Waals surface area contributed by atoms with Crippen molar-refractivity contribution < 1.29 is 23.9 Å². The van der Waals surface area contributed by atoms with Crippen molar-refractivity contribution >= 4 is 40.4 Å². The van der Waals surface area contributed by atoms with E-state index in [0.29, 0.717) is 28.3 Å². The van der Waals surface area contributed by atoms with E-state index >= 15 is 0 Å². The Morgan fingerprint density at radius 1 is 1.18 bits per heavy atom. The molecule has 2 aromatic heterocycles. The third-order valence-electron chi connectivity index (χ3n) is 5.96. The zero-order valence-electron chi connectivity index (χ0n) is 22.2. The normalized spacial score (nSPS) is 15.5. The monoisotopic (exact) mass is 534 g/mol. The Balaban J connectivity index is 1.49. The van der Waals surface area contributed by atoms with E-state index in [1.54, 1.807) is 64.2 Å². The number of carbonyl (C=O) groups is 4. The molecule has 0 spiro atoms. The van der Waals surface area contributed by atoms with E-state index in [1.165, 1.54) is 4.57 Å². The lowest BCUT2D eigenvalue weighted by atomic mass is 10.1. The maximum absolute atomic E-state index is 13.3. The van der Waals surface area contributed by atoms with E-state index in [9.17, 15) is 24.0 Å². The second kappa shape index (κ2) is 11.0. The Morgan fingerprint density at radius 3 is 2.67 bits per heavy atom. The highest BCUT2D eigenvalue weighted by Gasteiger charge is 2.30. The molecule has 1 atom stereocenters. The lowest BCUT2D eigenvalue weighted by Gasteiger charge is -2.24. The van der Waals surface area contributed by atoms with Crippen LogP contribution in [0.5, 0.6) is 0 Å². The number of ether oxygens (including phenoxy) is 1. The van der Waals surface area contributed by atoms with Gasteiger partial charge in [-0.2, -0.15) is 0 Å². The number of hydrogen-bond acceptors (Lipinski definition) is 8. The first kappa shape index (κ1) is 27.4. The van der Waals surface area contributed by atoms with Crippen LogP contribution in [0, 0.1) is 6.92 Å². The Morgan fingerprint density at radius 2 is 1.95 bits per heavy atom. The molecular formula is C27H30N6O6. The number of fused-ring (bicyclic) bond motifs is 1. The maximum atomic E-state index is 13.3. The summed E-state index contributed by atoms with van der Waals surface area (Å²) < 4.78 is 6.51. The molecular weight excluding hydrogens is 504 g/mol. The molecule has 1 unspecified atom stereocenters. The Bertz CT molecular complexity index is 1520. The number of alkyl carbamates (subject to hydrolysis) is 1. The largest absolute Gasteiger partial charge is 0.444 e. The maximum Gasteiger partial charge on any atom is 0.407 e. The lowest BCUT2D eigenvalue weighted by Crippen LogP contribution is -2.45. The first-order valence-electron chi connectivity index (χ1n) is 12.5. The van der Waals surface area contributed by atoms with Gasteiger partial charge in [0.2, 0.25) is 17.7 Å². The first-order chi connectivity index (χ1) is 18.4. The summed E-state index contributed by atoms with van der Waals surface area (Å²) in [6.07, 6.45) is 1.34. The van der Waals surface area contributed by atoms with Gasteiger partial charge in [-0.15, -0.1) is 0 Å². The molecule has 0 aliphatic carbocycles. The average molecular weight is 535 g/mol. The molecule has 39 heavy (non-hydrogen) atoms. The highest BCUT2D eigenvalue weighted by molar-refractivity contribution is 6.01. The molecule has 3 N–H and O–H groups in total. The van der Waals surface area contributed by atoms with Crippen LogP contribution in [0.25, 0.3) is 10.9 Å². The van der Waals surface area contributed by atoms with E-state index < -0.39 is 29.2 Å². The van der Waals surface area contributed by atoms with Gasteiger partial charge in [-0.1, -0.05) is 6.07 Å². The van der Waals surface area contributed by atoms with Crippen LogP contribution in [0.2, 0.25) is 0 Å². The molecule has 0 saturated carbocycles. The van der Waals surface area contributed by atoms with E-state index in [1.807, 2.05) is 0 Å². The van der Waals surface area contributed by atoms with Gasteiger partial charge in [0.1, 0.15) is 23.0 Å². The number of hydrogen-bond donors (Lipinski definition) is 3. The van der Waals surface area contributed by atoms with Gasteiger partial charge < -0.3 is 15.4 Å². The zero-order valence-corrected chi connectivity index (χ0v) is 22.2. The van der Waals surface area contributed by atoms with Gasteiger partial charge in [0.15, 0.2) is 0 Å². The average Bonchev–Trinajstić information content (AvgIpc) is 2.84. The van der Waals surface area contributed by atoms with Gasteiger partial charge in [-0.3, -0.25) is 34.0 Å². The van der Waals surface area contributed by atoms with Gasteiger partial charge >= 0.3 is 6.09 Å². The number of anilines is 1. The van der Waals surface area contributed by atoms with Crippen molar-refractivity contribution in [1.82, 2.24) is 25.2 Å². The molecule has 4 rings (SSSR count). The zero-order chi connectivity index (χ0) is 28.3. The van der Waals surface area contributed by atoms with Crippen molar-refractivity contribution in [3.05, 3.63) is 64.0 Å². The van der Waals surface area contributed by atoms with Crippen molar-refractivity contribution in [2.24, 2.45) is 0 Å². The third-order valence-corrected chi connectivity index (χ3v) is 5.96. The number of imide groups is 1. The van der Waals surface area contributed by atoms with E-state index in [-0.39, 0.29) is 43.0 Å². The summed E-state index contributed by atoms with van der Waals surface area (Å²) >= 11 is 0. The molecule has 204 valence electrons. The van der Waals surface area contributed by atoms with Crippen LogP contribution in [0.3, 0.4) is 0 Å². The molecule has 1 fully saturated rings. The van der Waals surface area contributed by atoms with Crippen molar-refractivity contribution in [3.63, 3.8) is 0 Å². The summed E-state index contributed by atoms with van der Waals surface area (Å²) in [6.45, 7) is 7.05. The number of para-hydroxylation sites is 1. The molecule has 0 radical (unpaired) electrons. The number of rotatable bonds is 6. The SMILES string of the molecule is Cc1nc2c(NC(=O)Cc3ccnc(CNC(=O)OC(C)(C)C)c3)cccc2c(=O)n1C1CCC(=O)NC1=O. The second-order valence-electron chi connectivity index (χ2n) is 10.2. The number of benzene rings is 1. The van der Waals surface area contributed by atoms with Crippen LogP contribution < -0.4 is 21.5 Å². The van der Waals surface area contributed by atoms with Crippen molar-refractivity contribution in [3.8, 4) is 0 Å². The molecule has 12 nitrogen and oxygen atoms in total. The Hall–Kier alpha value is -4.61.